The molecule has 0 radical (unpaired) electrons. The van der Waals surface area contributed by atoms with Crippen LogP contribution >= 0.6 is 22.9 Å². The van der Waals surface area contributed by atoms with Crippen molar-refractivity contribution in [1.29, 1.82) is 0 Å². The fraction of sp³-hybridized carbons (Fsp3) is 0. The quantitative estimate of drug-likeness (QED) is 0.532. The summed E-state index contributed by atoms with van der Waals surface area (Å²) in [6.07, 6.45) is 0. The molecule has 1 amide bonds. The molecule has 0 bridgehead atoms. The van der Waals surface area contributed by atoms with Gasteiger partial charge in [0.05, 0.1) is 20.2 Å². The third-order valence-corrected chi connectivity index (χ3v) is 4.83. The molecule has 2 aromatic heterocycles. The van der Waals surface area contributed by atoms with Crippen LogP contribution in [0.3, 0.4) is 0 Å². The third-order valence-electron chi connectivity index (χ3n) is 3.60. The number of carbonyl (C=O) groups is 1. The van der Waals surface area contributed by atoms with Crippen LogP contribution in [0.5, 0.6) is 0 Å². The molecule has 24 heavy (non-hydrogen) atoms. The molecule has 0 aliphatic carbocycles. The van der Waals surface area contributed by atoms with Gasteiger partial charge in [0.15, 0.2) is 0 Å². The number of aromatic nitrogens is 2. The number of hydrogen-bond acceptors (Lipinski definition) is 3. The van der Waals surface area contributed by atoms with Crippen molar-refractivity contribution in [3.63, 3.8) is 0 Å². The summed E-state index contributed by atoms with van der Waals surface area (Å²) in [4.78, 5) is 20.6. The minimum Gasteiger partial charge on any atom is -0.338 e. The van der Waals surface area contributed by atoms with Crippen LogP contribution in [0.2, 0.25) is 4.34 Å². The van der Waals surface area contributed by atoms with E-state index >= 15 is 0 Å². The molecule has 0 saturated carbocycles. The van der Waals surface area contributed by atoms with Crippen LogP contribution in [-0.2, 0) is 0 Å². The van der Waals surface area contributed by atoms with E-state index in [1.807, 2.05) is 48.5 Å². The molecular weight excluding hydrogens is 342 g/mol. The van der Waals surface area contributed by atoms with Crippen LogP contribution in [0.4, 0.5) is 5.69 Å². The Labute approximate surface area is 147 Å². The SMILES string of the molecule is O=C(Nc1ccc(-c2nc3ccccc3[nH]2)cc1)c1ccc(Cl)s1. The zero-order valence-corrected chi connectivity index (χ0v) is 14.0. The van der Waals surface area contributed by atoms with Gasteiger partial charge in [-0.3, -0.25) is 4.79 Å². The lowest BCUT2D eigenvalue weighted by Gasteiger charge is -2.04. The number of benzene rings is 2. The Bertz CT molecular complexity index is 987. The zero-order chi connectivity index (χ0) is 16.5. The van der Waals surface area contributed by atoms with Crippen molar-refractivity contribution in [1.82, 2.24) is 9.97 Å². The summed E-state index contributed by atoms with van der Waals surface area (Å²) in [7, 11) is 0. The highest BCUT2D eigenvalue weighted by Crippen LogP contribution is 2.24. The number of halogens is 1. The number of rotatable bonds is 3. The number of amides is 1. The number of nitrogens with one attached hydrogen (secondary N) is 2. The summed E-state index contributed by atoms with van der Waals surface area (Å²) in [5, 5.41) is 2.86. The zero-order valence-electron chi connectivity index (χ0n) is 12.4. The number of hydrogen-bond donors (Lipinski definition) is 2. The van der Waals surface area contributed by atoms with Crippen LogP contribution in [0.1, 0.15) is 9.67 Å². The lowest BCUT2D eigenvalue weighted by Crippen LogP contribution is -2.09. The maximum atomic E-state index is 12.1. The van der Waals surface area contributed by atoms with Gasteiger partial charge in [-0.25, -0.2) is 4.98 Å². The molecule has 118 valence electrons. The first kappa shape index (κ1) is 14.9. The van der Waals surface area contributed by atoms with Gasteiger partial charge < -0.3 is 10.3 Å². The second kappa shape index (κ2) is 6.11. The summed E-state index contributed by atoms with van der Waals surface area (Å²) in [5.74, 6) is 0.641. The van der Waals surface area contributed by atoms with E-state index in [1.54, 1.807) is 12.1 Å². The fourth-order valence-corrected chi connectivity index (χ4v) is 3.37. The summed E-state index contributed by atoms with van der Waals surface area (Å²) in [5.41, 5.74) is 3.62. The number of thiophene rings is 1. The van der Waals surface area contributed by atoms with E-state index in [1.165, 1.54) is 11.3 Å². The van der Waals surface area contributed by atoms with E-state index in [0.29, 0.717) is 9.21 Å². The maximum absolute atomic E-state index is 12.1. The molecule has 0 atom stereocenters. The molecule has 0 aliphatic heterocycles. The standard InChI is InChI=1S/C18H12ClN3OS/c19-16-10-9-15(24-16)18(23)20-12-7-5-11(6-8-12)17-21-13-3-1-2-4-14(13)22-17/h1-10H,(H,20,23)(H,21,22). The Hall–Kier alpha value is -2.63. The topological polar surface area (TPSA) is 57.8 Å². The molecule has 6 heteroatoms. The van der Waals surface area contributed by atoms with E-state index in [9.17, 15) is 4.79 Å². The molecule has 0 aliphatic rings. The van der Waals surface area contributed by atoms with Gasteiger partial charge >= 0.3 is 0 Å². The highest BCUT2D eigenvalue weighted by atomic mass is 35.5. The van der Waals surface area contributed by atoms with E-state index < -0.39 is 0 Å². The predicted molar refractivity (Wildman–Crippen MR) is 98.8 cm³/mol. The number of anilines is 1. The van der Waals surface area contributed by atoms with Crippen molar-refractivity contribution in [2.24, 2.45) is 0 Å². The van der Waals surface area contributed by atoms with E-state index in [-0.39, 0.29) is 5.91 Å². The van der Waals surface area contributed by atoms with Crippen LogP contribution in [0.15, 0.2) is 60.7 Å². The van der Waals surface area contributed by atoms with Gasteiger partial charge in [0.25, 0.3) is 5.91 Å². The number of para-hydroxylation sites is 2. The van der Waals surface area contributed by atoms with Gasteiger partial charge in [-0.15, -0.1) is 11.3 Å². The lowest BCUT2D eigenvalue weighted by molar-refractivity contribution is 0.103. The first-order valence-corrected chi connectivity index (χ1v) is 8.50. The fourth-order valence-electron chi connectivity index (χ4n) is 2.43. The van der Waals surface area contributed by atoms with Gasteiger partial charge in [0.2, 0.25) is 0 Å². The molecule has 0 spiro atoms. The average Bonchev–Trinajstić information content (AvgIpc) is 3.21. The largest absolute Gasteiger partial charge is 0.338 e. The van der Waals surface area contributed by atoms with Crippen molar-refractivity contribution in [2.45, 2.75) is 0 Å². The Kier molecular flexibility index (Phi) is 3.80. The Morgan fingerprint density at radius 1 is 1.04 bits per heavy atom. The number of H-pyrrole nitrogens is 1. The second-order valence-electron chi connectivity index (χ2n) is 5.24. The molecule has 2 heterocycles. The smallest absolute Gasteiger partial charge is 0.265 e. The molecule has 4 nitrogen and oxygen atoms in total. The summed E-state index contributed by atoms with van der Waals surface area (Å²) >= 11 is 7.11. The minimum atomic E-state index is -0.164. The normalized spacial score (nSPS) is 10.9. The summed E-state index contributed by atoms with van der Waals surface area (Å²) in [6, 6.07) is 18.9. The molecule has 0 unspecified atom stereocenters. The second-order valence-corrected chi connectivity index (χ2v) is 6.95. The van der Waals surface area contributed by atoms with Crippen molar-refractivity contribution in [3.05, 3.63) is 69.9 Å². The highest BCUT2D eigenvalue weighted by molar-refractivity contribution is 7.18. The molecule has 4 aromatic rings. The van der Waals surface area contributed by atoms with Crippen LogP contribution in [0, 0.1) is 0 Å². The average molecular weight is 354 g/mol. The van der Waals surface area contributed by atoms with Crippen molar-refractivity contribution >= 4 is 45.6 Å². The number of aromatic amines is 1. The maximum Gasteiger partial charge on any atom is 0.265 e. The molecule has 4 rings (SSSR count). The predicted octanol–water partition coefficient (Wildman–Crippen LogP) is 5.20. The Morgan fingerprint density at radius 3 is 2.54 bits per heavy atom. The highest BCUT2D eigenvalue weighted by Gasteiger charge is 2.10. The first-order chi connectivity index (χ1) is 11.7. The molecule has 0 saturated heterocycles. The number of nitrogens with zero attached hydrogens (tertiary/aromatic N) is 1. The number of fused-ring (bicyclic) bond motifs is 1. The van der Waals surface area contributed by atoms with E-state index in [2.05, 4.69) is 15.3 Å². The molecular formula is C18H12ClN3OS. The Balaban J connectivity index is 1.55. The van der Waals surface area contributed by atoms with Crippen molar-refractivity contribution in [2.75, 3.05) is 5.32 Å². The van der Waals surface area contributed by atoms with Crippen molar-refractivity contribution in [3.8, 4) is 11.4 Å². The van der Waals surface area contributed by atoms with Crippen molar-refractivity contribution < 1.29 is 4.79 Å². The molecule has 2 N–H and O–H groups in total. The van der Waals surface area contributed by atoms with E-state index in [0.717, 1.165) is 28.1 Å². The monoisotopic (exact) mass is 353 g/mol. The van der Waals surface area contributed by atoms with Crippen LogP contribution in [0.25, 0.3) is 22.4 Å². The third kappa shape index (κ3) is 2.91. The molecule has 2 aromatic carbocycles. The minimum absolute atomic E-state index is 0.164. The van der Waals surface area contributed by atoms with Gasteiger partial charge in [-0.2, -0.15) is 0 Å². The number of imidazole rings is 1. The van der Waals surface area contributed by atoms with Crippen LogP contribution < -0.4 is 5.32 Å². The van der Waals surface area contributed by atoms with Gasteiger partial charge in [0.1, 0.15) is 5.82 Å². The van der Waals surface area contributed by atoms with Gasteiger partial charge in [0, 0.05) is 11.3 Å². The van der Waals surface area contributed by atoms with E-state index in [4.69, 9.17) is 11.6 Å². The number of carbonyl (C=O) groups excluding carboxylic acids is 1. The van der Waals surface area contributed by atoms with Crippen LogP contribution in [-0.4, -0.2) is 15.9 Å². The summed E-state index contributed by atoms with van der Waals surface area (Å²) < 4.78 is 0.598. The lowest BCUT2D eigenvalue weighted by atomic mass is 10.2. The van der Waals surface area contributed by atoms with Gasteiger partial charge in [-0.1, -0.05) is 23.7 Å². The summed E-state index contributed by atoms with van der Waals surface area (Å²) in [6.45, 7) is 0. The molecule has 0 fully saturated rings. The van der Waals surface area contributed by atoms with Gasteiger partial charge in [-0.05, 0) is 48.5 Å². The Morgan fingerprint density at radius 2 is 1.83 bits per heavy atom. The first-order valence-electron chi connectivity index (χ1n) is 7.31.